The van der Waals surface area contributed by atoms with Crippen LogP contribution in [0.15, 0.2) is 0 Å². The van der Waals surface area contributed by atoms with Crippen LogP contribution >= 0.6 is 0 Å². The zero-order valence-electron chi connectivity index (χ0n) is 10.5. The van der Waals surface area contributed by atoms with Crippen molar-refractivity contribution < 1.29 is 9.90 Å². The first-order chi connectivity index (χ1) is 7.63. The summed E-state index contributed by atoms with van der Waals surface area (Å²) in [6.45, 7) is 6.34. The van der Waals surface area contributed by atoms with Gasteiger partial charge in [0, 0.05) is 12.6 Å². The summed E-state index contributed by atoms with van der Waals surface area (Å²) < 4.78 is 0. The molecule has 1 N–H and O–H groups in total. The molecule has 1 aliphatic rings. The molecule has 1 heterocycles. The Labute approximate surface area is 98.2 Å². The summed E-state index contributed by atoms with van der Waals surface area (Å²) >= 11 is 0. The maximum absolute atomic E-state index is 10.8. The number of carboxylic acid groups (broad SMARTS) is 1. The Kier molecular flexibility index (Phi) is 5.77. The maximum atomic E-state index is 10.8. The van der Waals surface area contributed by atoms with E-state index in [1.54, 1.807) is 0 Å². The molecule has 1 unspecified atom stereocenters. The van der Waals surface area contributed by atoms with Crippen molar-refractivity contribution in [2.24, 2.45) is 0 Å². The van der Waals surface area contributed by atoms with Crippen molar-refractivity contribution >= 4 is 5.97 Å². The van der Waals surface area contributed by atoms with Crippen LogP contribution < -0.4 is 0 Å². The van der Waals surface area contributed by atoms with Crippen molar-refractivity contribution in [2.75, 3.05) is 33.2 Å². The molecule has 0 aromatic heterocycles. The molecule has 1 rings (SSSR count). The van der Waals surface area contributed by atoms with Gasteiger partial charge in [-0.05, 0) is 39.5 Å². The van der Waals surface area contributed by atoms with Gasteiger partial charge >= 0.3 is 5.97 Å². The number of carboxylic acids is 1. The van der Waals surface area contributed by atoms with Gasteiger partial charge in [0.2, 0.25) is 0 Å². The molecule has 4 nitrogen and oxygen atoms in total. The fraction of sp³-hybridized carbons (Fsp3) is 0.917. The van der Waals surface area contributed by atoms with Gasteiger partial charge in [-0.1, -0.05) is 13.3 Å². The van der Waals surface area contributed by atoms with Gasteiger partial charge in [0.25, 0.3) is 0 Å². The highest BCUT2D eigenvalue weighted by atomic mass is 16.4. The molecule has 4 heteroatoms. The number of unbranched alkanes of at least 4 members (excludes halogenated alkanes) is 1. The molecule has 94 valence electrons. The summed E-state index contributed by atoms with van der Waals surface area (Å²) in [5.74, 6) is -0.686. The number of carbonyl (C=O) groups is 1. The molecule has 0 radical (unpaired) electrons. The highest BCUT2D eigenvalue weighted by Crippen LogP contribution is 2.12. The third kappa shape index (κ3) is 4.49. The Balaban J connectivity index is 2.48. The van der Waals surface area contributed by atoms with Crippen LogP contribution in [0, 0.1) is 0 Å². The number of nitrogens with zero attached hydrogens (tertiary/aromatic N) is 2. The minimum atomic E-state index is -0.686. The molecule has 1 saturated heterocycles. The lowest BCUT2D eigenvalue weighted by Crippen LogP contribution is -2.40. The molecule has 1 aliphatic heterocycles. The zero-order valence-corrected chi connectivity index (χ0v) is 10.5. The molecule has 0 aromatic rings. The van der Waals surface area contributed by atoms with Crippen LogP contribution in [-0.4, -0.2) is 60.1 Å². The quantitative estimate of drug-likeness (QED) is 0.769. The second-order valence-electron chi connectivity index (χ2n) is 4.74. The Hall–Kier alpha value is -0.610. The molecular formula is C12H24N2O2. The largest absolute Gasteiger partial charge is 0.481 e. The fourth-order valence-corrected chi connectivity index (χ4v) is 2.26. The van der Waals surface area contributed by atoms with Crippen LogP contribution in [-0.2, 0) is 4.79 Å². The van der Waals surface area contributed by atoms with E-state index >= 15 is 0 Å². The zero-order chi connectivity index (χ0) is 12.0. The molecule has 0 bridgehead atoms. The highest BCUT2D eigenvalue weighted by molar-refractivity contribution is 5.67. The highest BCUT2D eigenvalue weighted by Gasteiger charge is 2.23. The lowest BCUT2D eigenvalue weighted by atomic mass is 10.1. The van der Waals surface area contributed by atoms with Crippen molar-refractivity contribution in [2.45, 2.75) is 38.6 Å². The lowest BCUT2D eigenvalue weighted by Gasteiger charge is -2.27. The Morgan fingerprint density at radius 1 is 1.44 bits per heavy atom. The topological polar surface area (TPSA) is 43.8 Å². The molecule has 0 amide bonds. The number of likely N-dealkylation sites (N-methyl/N-ethyl adjacent to an activating group) is 1. The number of hydrogen-bond acceptors (Lipinski definition) is 3. The van der Waals surface area contributed by atoms with Crippen molar-refractivity contribution in [1.82, 2.24) is 9.80 Å². The van der Waals surface area contributed by atoms with Gasteiger partial charge in [0.1, 0.15) is 0 Å². The van der Waals surface area contributed by atoms with Gasteiger partial charge in [-0.15, -0.1) is 0 Å². The van der Waals surface area contributed by atoms with Crippen LogP contribution in [0.25, 0.3) is 0 Å². The third-order valence-corrected chi connectivity index (χ3v) is 3.32. The van der Waals surface area contributed by atoms with E-state index in [2.05, 4.69) is 16.7 Å². The van der Waals surface area contributed by atoms with Crippen LogP contribution in [0.1, 0.15) is 32.6 Å². The molecule has 0 aromatic carbocycles. The predicted molar refractivity (Wildman–Crippen MR) is 64.6 cm³/mol. The standard InChI is InChI=1S/C12H24N2O2/c1-3-4-7-14-8-5-6-13(2)11(10-14)9-12(15)16/h11H,3-10H2,1-2H3,(H,15,16). The Bertz CT molecular complexity index is 219. The number of aliphatic carboxylic acids is 1. The van der Waals surface area contributed by atoms with Gasteiger partial charge < -0.3 is 14.9 Å². The van der Waals surface area contributed by atoms with E-state index < -0.39 is 5.97 Å². The van der Waals surface area contributed by atoms with Crippen LogP contribution in [0.5, 0.6) is 0 Å². The van der Waals surface area contributed by atoms with Gasteiger partial charge in [-0.2, -0.15) is 0 Å². The van der Waals surface area contributed by atoms with E-state index in [1.807, 2.05) is 7.05 Å². The van der Waals surface area contributed by atoms with Gasteiger partial charge in [-0.25, -0.2) is 0 Å². The smallest absolute Gasteiger partial charge is 0.304 e. The van der Waals surface area contributed by atoms with Gasteiger partial charge in [0.15, 0.2) is 0 Å². The predicted octanol–water partition coefficient (Wildman–Crippen LogP) is 1.27. The van der Waals surface area contributed by atoms with Crippen molar-refractivity contribution in [1.29, 1.82) is 0 Å². The van der Waals surface area contributed by atoms with Crippen molar-refractivity contribution in [3.63, 3.8) is 0 Å². The van der Waals surface area contributed by atoms with Crippen molar-refractivity contribution in [3.05, 3.63) is 0 Å². The fourth-order valence-electron chi connectivity index (χ4n) is 2.26. The summed E-state index contributed by atoms with van der Waals surface area (Å²) in [6, 6.07) is 0.178. The summed E-state index contributed by atoms with van der Waals surface area (Å²) in [5, 5.41) is 8.89. The minimum Gasteiger partial charge on any atom is -0.481 e. The molecule has 0 aliphatic carbocycles. The van der Waals surface area contributed by atoms with Crippen LogP contribution in [0.3, 0.4) is 0 Å². The minimum absolute atomic E-state index is 0.178. The SMILES string of the molecule is CCCCN1CCCN(C)C(CC(=O)O)C1. The first-order valence-electron chi connectivity index (χ1n) is 6.28. The van der Waals surface area contributed by atoms with E-state index in [4.69, 9.17) is 5.11 Å². The van der Waals surface area contributed by atoms with E-state index in [9.17, 15) is 4.79 Å². The van der Waals surface area contributed by atoms with Gasteiger partial charge in [-0.3, -0.25) is 4.79 Å². The molecule has 1 atom stereocenters. The molecule has 0 spiro atoms. The Morgan fingerprint density at radius 3 is 2.81 bits per heavy atom. The second kappa shape index (κ2) is 6.86. The first-order valence-corrected chi connectivity index (χ1v) is 6.28. The first kappa shape index (κ1) is 13.5. The van der Waals surface area contributed by atoms with E-state index in [0.717, 1.165) is 32.6 Å². The Morgan fingerprint density at radius 2 is 2.19 bits per heavy atom. The lowest BCUT2D eigenvalue weighted by molar-refractivity contribution is -0.138. The third-order valence-electron chi connectivity index (χ3n) is 3.32. The van der Waals surface area contributed by atoms with E-state index in [0.29, 0.717) is 0 Å². The molecular weight excluding hydrogens is 204 g/mol. The molecule has 16 heavy (non-hydrogen) atoms. The number of hydrogen-bond donors (Lipinski definition) is 1. The molecule has 0 saturated carbocycles. The maximum Gasteiger partial charge on any atom is 0.304 e. The molecule has 1 fully saturated rings. The monoisotopic (exact) mass is 228 g/mol. The average molecular weight is 228 g/mol. The van der Waals surface area contributed by atoms with E-state index in [1.165, 1.54) is 12.8 Å². The summed E-state index contributed by atoms with van der Waals surface area (Å²) in [6.07, 6.45) is 3.83. The van der Waals surface area contributed by atoms with Crippen LogP contribution in [0.4, 0.5) is 0 Å². The van der Waals surface area contributed by atoms with Crippen molar-refractivity contribution in [3.8, 4) is 0 Å². The second-order valence-corrected chi connectivity index (χ2v) is 4.74. The van der Waals surface area contributed by atoms with E-state index in [-0.39, 0.29) is 12.5 Å². The summed E-state index contributed by atoms with van der Waals surface area (Å²) in [7, 11) is 2.04. The normalized spacial score (nSPS) is 24.2. The summed E-state index contributed by atoms with van der Waals surface area (Å²) in [4.78, 5) is 15.4. The van der Waals surface area contributed by atoms with Crippen LogP contribution in [0.2, 0.25) is 0 Å². The van der Waals surface area contributed by atoms with Gasteiger partial charge in [0.05, 0.1) is 6.42 Å². The number of rotatable bonds is 5. The average Bonchev–Trinajstić information content (AvgIpc) is 2.38. The summed E-state index contributed by atoms with van der Waals surface area (Å²) in [5.41, 5.74) is 0.